The molecule has 1 amide bonds. The van der Waals surface area contributed by atoms with Gasteiger partial charge in [0.05, 0.1) is 7.11 Å². The maximum atomic E-state index is 12.8. The Morgan fingerprint density at radius 1 is 1.38 bits per heavy atom. The number of ether oxygens (including phenoxy) is 1. The van der Waals surface area contributed by atoms with Crippen molar-refractivity contribution >= 4 is 27.3 Å². The summed E-state index contributed by atoms with van der Waals surface area (Å²) in [6.07, 6.45) is 3.64. The molecule has 1 fully saturated rings. The van der Waals surface area contributed by atoms with E-state index >= 15 is 0 Å². The molecule has 1 aliphatic heterocycles. The number of carbonyl (C=O) groups is 1. The van der Waals surface area contributed by atoms with Crippen LogP contribution in [-0.2, 0) is 6.54 Å². The monoisotopic (exact) mass is 413 g/mol. The molecule has 1 aliphatic rings. The molecule has 0 radical (unpaired) electrons. The Balaban J connectivity index is 1.55. The molecule has 0 spiro atoms. The van der Waals surface area contributed by atoms with Gasteiger partial charge in [-0.15, -0.1) is 5.10 Å². The molecule has 1 saturated heterocycles. The number of fused-ring (bicyclic) bond motifs is 1. The van der Waals surface area contributed by atoms with E-state index in [1.165, 1.54) is 28.5 Å². The molecule has 0 aliphatic carbocycles. The van der Waals surface area contributed by atoms with Crippen LogP contribution in [0.25, 0.3) is 4.96 Å². The molecular weight excluding hydrogens is 390 g/mol. The van der Waals surface area contributed by atoms with Crippen LogP contribution in [0.1, 0.15) is 35.7 Å². The van der Waals surface area contributed by atoms with Crippen molar-refractivity contribution in [1.29, 1.82) is 0 Å². The quantitative estimate of drug-likeness (QED) is 0.691. The molecule has 2 aromatic heterocycles. The summed E-state index contributed by atoms with van der Waals surface area (Å²) in [5.74, 6) is 0.790. The summed E-state index contributed by atoms with van der Waals surface area (Å²) < 4.78 is 6.52. The third-order valence-corrected chi connectivity index (χ3v) is 6.06. The SMILES string of the molecule is COc1ccccc1CNC(=O)c1cnc2sc(N3CCC[C@@H](C)C3)nn2c1=O. The van der Waals surface area contributed by atoms with Crippen molar-refractivity contribution in [1.82, 2.24) is 19.9 Å². The second kappa shape index (κ2) is 8.20. The zero-order valence-electron chi connectivity index (χ0n) is 16.4. The van der Waals surface area contributed by atoms with Crippen molar-refractivity contribution < 1.29 is 9.53 Å². The average Bonchev–Trinajstić information content (AvgIpc) is 3.18. The number of carbonyl (C=O) groups excluding carboxylic acids is 1. The minimum atomic E-state index is -0.482. The molecule has 3 heterocycles. The van der Waals surface area contributed by atoms with E-state index in [0.29, 0.717) is 16.6 Å². The van der Waals surface area contributed by atoms with E-state index in [0.717, 1.165) is 30.2 Å². The van der Waals surface area contributed by atoms with Crippen LogP contribution in [0.4, 0.5) is 5.13 Å². The zero-order valence-corrected chi connectivity index (χ0v) is 17.2. The number of amides is 1. The number of piperidine rings is 1. The lowest BCUT2D eigenvalue weighted by Crippen LogP contribution is -2.34. The fourth-order valence-electron chi connectivity index (χ4n) is 3.54. The second-order valence-corrected chi connectivity index (χ2v) is 8.18. The Hall–Kier alpha value is -2.94. The number of methoxy groups -OCH3 is 1. The molecule has 3 aromatic rings. The van der Waals surface area contributed by atoms with Crippen LogP contribution < -0.4 is 20.5 Å². The van der Waals surface area contributed by atoms with Crippen LogP contribution in [-0.4, -0.2) is 40.7 Å². The highest BCUT2D eigenvalue weighted by molar-refractivity contribution is 7.20. The van der Waals surface area contributed by atoms with Gasteiger partial charge in [0.15, 0.2) is 0 Å². The van der Waals surface area contributed by atoms with E-state index in [1.54, 1.807) is 7.11 Å². The molecule has 1 aromatic carbocycles. The molecule has 0 unspecified atom stereocenters. The number of rotatable bonds is 5. The van der Waals surface area contributed by atoms with Gasteiger partial charge in [0.1, 0.15) is 11.3 Å². The lowest BCUT2D eigenvalue weighted by molar-refractivity contribution is 0.0948. The molecule has 4 rings (SSSR count). The van der Waals surface area contributed by atoms with Gasteiger partial charge in [-0.2, -0.15) is 4.52 Å². The maximum absolute atomic E-state index is 12.8. The van der Waals surface area contributed by atoms with E-state index in [4.69, 9.17) is 4.74 Å². The number of hydrogen-bond acceptors (Lipinski definition) is 7. The Kier molecular flexibility index (Phi) is 5.48. The summed E-state index contributed by atoms with van der Waals surface area (Å²) in [4.78, 5) is 32.4. The number of nitrogens with one attached hydrogen (secondary N) is 1. The van der Waals surface area contributed by atoms with Crippen molar-refractivity contribution in [3.63, 3.8) is 0 Å². The number of anilines is 1. The lowest BCUT2D eigenvalue weighted by Gasteiger charge is -2.30. The molecule has 1 atom stereocenters. The minimum Gasteiger partial charge on any atom is -0.496 e. The smallest absolute Gasteiger partial charge is 0.288 e. The average molecular weight is 414 g/mol. The van der Waals surface area contributed by atoms with Gasteiger partial charge in [-0.05, 0) is 24.8 Å². The van der Waals surface area contributed by atoms with E-state index in [9.17, 15) is 9.59 Å². The summed E-state index contributed by atoms with van der Waals surface area (Å²) in [5, 5.41) is 7.98. The topological polar surface area (TPSA) is 88.8 Å². The maximum Gasteiger partial charge on any atom is 0.288 e. The normalized spacial score (nSPS) is 16.8. The first-order valence-corrected chi connectivity index (χ1v) is 10.4. The van der Waals surface area contributed by atoms with Gasteiger partial charge in [0.2, 0.25) is 10.1 Å². The van der Waals surface area contributed by atoms with Crippen LogP contribution in [0.15, 0.2) is 35.3 Å². The largest absolute Gasteiger partial charge is 0.496 e. The predicted molar refractivity (Wildman–Crippen MR) is 112 cm³/mol. The number of benzene rings is 1. The van der Waals surface area contributed by atoms with Crippen LogP contribution in [0, 0.1) is 5.92 Å². The minimum absolute atomic E-state index is 0.0266. The summed E-state index contributed by atoms with van der Waals surface area (Å²) in [6.45, 7) is 4.30. The van der Waals surface area contributed by atoms with Crippen molar-refractivity contribution in [3.8, 4) is 5.75 Å². The van der Waals surface area contributed by atoms with Gasteiger partial charge < -0.3 is 15.0 Å². The Bertz CT molecular complexity index is 1090. The first-order chi connectivity index (χ1) is 14.1. The van der Waals surface area contributed by atoms with Gasteiger partial charge in [-0.25, -0.2) is 4.98 Å². The first-order valence-electron chi connectivity index (χ1n) is 9.60. The Morgan fingerprint density at radius 2 is 2.21 bits per heavy atom. The summed E-state index contributed by atoms with van der Waals surface area (Å²) in [7, 11) is 1.58. The van der Waals surface area contributed by atoms with Gasteiger partial charge >= 0.3 is 0 Å². The summed E-state index contributed by atoms with van der Waals surface area (Å²) >= 11 is 1.37. The van der Waals surface area contributed by atoms with Gasteiger partial charge in [0.25, 0.3) is 11.5 Å². The number of aromatic nitrogens is 3. The molecule has 8 nitrogen and oxygen atoms in total. The predicted octanol–water partition coefficient (Wildman–Crippen LogP) is 2.33. The second-order valence-electron chi connectivity index (χ2n) is 7.24. The van der Waals surface area contributed by atoms with Crippen LogP contribution in [0.5, 0.6) is 5.75 Å². The van der Waals surface area contributed by atoms with Crippen molar-refractivity contribution in [2.75, 3.05) is 25.1 Å². The first kappa shape index (κ1) is 19.4. The number of para-hydroxylation sites is 1. The number of nitrogens with zero attached hydrogens (tertiary/aromatic N) is 4. The van der Waals surface area contributed by atoms with Crippen molar-refractivity contribution in [2.24, 2.45) is 5.92 Å². The highest BCUT2D eigenvalue weighted by Gasteiger charge is 2.22. The van der Waals surface area contributed by atoms with Crippen molar-refractivity contribution in [3.05, 3.63) is 51.9 Å². The molecule has 9 heteroatoms. The third kappa shape index (κ3) is 3.95. The van der Waals surface area contributed by atoms with Crippen LogP contribution in [0.3, 0.4) is 0 Å². The van der Waals surface area contributed by atoms with E-state index in [-0.39, 0.29) is 12.1 Å². The van der Waals surface area contributed by atoms with E-state index < -0.39 is 11.5 Å². The van der Waals surface area contributed by atoms with Crippen LogP contribution in [0.2, 0.25) is 0 Å². The van der Waals surface area contributed by atoms with Gasteiger partial charge in [-0.1, -0.05) is 36.5 Å². The fraction of sp³-hybridized carbons (Fsp3) is 0.400. The van der Waals surface area contributed by atoms with Gasteiger partial charge in [-0.3, -0.25) is 9.59 Å². The molecule has 152 valence electrons. The Morgan fingerprint density at radius 3 is 3.00 bits per heavy atom. The molecular formula is C20H23N5O3S. The van der Waals surface area contributed by atoms with Crippen LogP contribution >= 0.6 is 11.3 Å². The third-order valence-electron chi connectivity index (χ3n) is 5.08. The molecule has 29 heavy (non-hydrogen) atoms. The number of hydrogen-bond donors (Lipinski definition) is 1. The highest BCUT2D eigenvalue weighted by Crippen LogP contribution is 2.26. The van der Waals surface area contributed by atoms with Gasteiger partial charge in [0, 0.05) is 31.4 Å². The summed E-state index contributed by atoms with van der Waals surface area (Å²) in [5.41, 5.74) is 0.342. The zero-order chi connectivity index (χ0) is 20.4. The standard InChI is InChI=1S/C20H23N5O3S/c1-13-6-5-9-24(12-13)20-23-25-18(27)15(11-22-19(25)29-20)17(26)21-10-14-7-3-4-8-16(14)28-2/h3-4,7-8,11,13H,5-6,9-10,12H2,1-2H3,(H,21,26)/t13-/m1/s1. The van der Waals surface area contributed by atoms with E-state index in [2.05, 4.69) is 27.2 Å². The fourth-order valence-corrected chi connectivity index (χ4v) is 4.44. The molecule has 1 N–H and O–H groups in total. The molecule has 0 saturated carbocycles. The summed E-state index contributed by atoms with van der Waals surface area (Å²) in [6, 6.07) is 7.41. The highest BCUT2D eigenvalue weighted by atomic mass is 32.1. The lowest BCUT2D eigenvalue weighted by atomic mass is 10.0. The Labute approximate surface area is 172 Å². The van der Waals surface area contributed by atoms with Crippen molar-refractivity contribution in [2.45, 2.75) is 26.3 Å². The molecule has 0 bridgehead atoms. The van der Waals surface area contributed by atoms with E-state index in [1.807, 2.05) is 24.3 Å².